The van der Waals surface area contributed by atoms with E-state index in [-0.39, 0.29) is 34.6 Å². The Kier molecular flexibility index (Phi) is 7.59. The third-order valence-electron chi connectivity index (χ3n) is 5.45. The van der Waals surface area contributed by atoms with E-state index >= 15 is 0 Å². The Hall–Kier alpha value is -4.57. The first kappa shape index (κ1) is 25.5. The minimum absolute atomic E-state index is 0.0133. The molecule has 1 aliphatic heterocycles. The molecular weight excluding hydrogens is 494 g/mol. The first-order valence-corrected chi connectivity index (χ1v) is 12.0. The second kappa shape index (κ2) is 11.0. The fourth-order valence-electron chi connectivity index (χ4n) is 3.81. The van der Waals surface area contributed by atoms with Gasteiger partial charge in [-0.15, -0.1) is 0 Å². The molecule has 1 aliphatic rings. The van der Waals surface area contributed by atoms with Gasteiger partial charge in [-0.2, -0.15) is 0 Å². The quantitative estimate of drug-likeness (QED) is 0.146. The van der Waals surface area contributed by atoms with E-state index in [1.165, 1.54) is 35.5 Å². The molecule has 1 amide bonds. The van der Waals surface area contributed by atoms with E-state index in [1.807, 2.05) is 0 Å². The molecule has 1 aromatic carbocycles. The Morgan fingerprint density at radius 2 is 1.89 bits per heavy atom. The van der Waals surface area contributed by atoms with Crippen molar-refractivity contribution in [1.82, 2.24) is 9.97 Å². The fraction of sp³-hybridized carbons (Fsp3) is 0.148. The van der Waals surface area contributed by atoms with Gasteiger partial charge in [-0.3, -0.25) is 19.5 Å². The van der Waals surface area contributed by atoms with Crippen molar-refractivity contribution < 1.29 is 29.0 Å². The molecule has 0 saturated carbocycles. The lowest BCUT2D eigenvalue weighted by molar-refractivity contribution is -0.132. The molecule has 3 aromatic rings. The number of carbonyl (C=O) groups excluding carboxylic acids is 3. The minimum atomic E-state index is -1.04. The van der Waals surface area contributed by atoms with Crippen LogP contribution < -0.4 is 9.64 Å². The van der Waals surface area contributed by atoms with Crippen LogP contribution in [0.5, 0.6) is 5.75 Å². The number of esters is 1. The van der Waals surface area contributed by atoms with Crippen LogP contribution >= 0.6 is 11.3 Å². The summed E-state index contributed by atoms with van der Waals surface area (Å²) in [4.78, 5) is 48.9. The normalized spacial score (nSPS) is 16.5. The lowest BCUT2D eigenvalue weighted by Gasteiger charge is -2.23. The van der Waals surface area contributed by atoms with Gasteiger partial charge >= 0.3 is 11.9 Å². The monoisotopic (exact) mass is 517 g/mol. The Bertz CT molecular complexity index is 1410. The summed E-state index contributed by atoms with van der Waals surface area (Å²) in [5.41, 5.74) is 1.04. The Morgan fingerprint density at radius 3 is 2.59 bits per heavy atom. The summed E-state index contributed by atoms with van der Waals surface area (Å²) in [6.07, 6.45) is 5.96. The summed E-state index contributed by atoms with van der Waals surface area (Å²) in [6, 6.07) is 8.85. The second-order valence-electron chi connectivity index (χ2n) is 7.88. The lowest BCUT2D eigenvalue weighted by atomic mass is 9.95. The number of anilines is 1. The van der Waals surface area contributed by atoms with Gasteiger partial charge in [-0.1, -0.05) is 48.8 Å². The number of aliphatic hydroxyl groups is 1. The Morgan fingerprint density at radius 1 is 1.16 bits per heavy atom. The van der Waals surface area contributed by atoms with Crippen molar-refractivity contribution in [3.05, 3.63) is 101 Å². The summed E-state index contributed by atoms with van der Waals surface area (Å²) >= 11 is 0.921. The van der Waals surface area contributed by atoms with E-state index in [0.29, 0.717) is 22.6 Å². The van der Waals surface area contributed by atoms with E-state index in [4.69, 9.17) is 9.47 Å². The van der Waals surface area contributed by atoms with Gasteiger partial charge in [0.25, 0.3) is 5.78 Å². The van der Waals surface area contributed by atoms with Gasteiger partial charge in [0.05, 0.1) is 17.3 Å². The van der Waals surface area contributed by atoms with Crippen molar-refractivity contribution in [3.8, 4) is 5.75 Å². The molecule has 1 fully saturated rings. The summed E-state index contributed by atoms with van der Waals surface area (Å²) in [7, 11) is 0. The molecule has 1 unspecified atom stereocenters. The van der Waals surface area contributed by atoms with Crippen molar-refractivity contribution >= 4 is 39.9 Å². The maximum atomic E-state index is 13.4. The number of thiazole rings is 1. The molecule has 0 bridgehead atoms. The molecular formula is C27H23N3O6S. The zero-order valence-corrected chi connectivity index (χ0v) is 20.7. The number of hydrogen-bond acceptors (Lipinski definition) is 9. The molecule has 188 valence electrons. The number of rotatable bonds is 9. The van der Waals surface area contributed by atoms with Crippen LogP contribution in [0.1, 0.15) is 32.5 Å². The van der Waals surface area contributed by atoms with Gasteiger partial charge in [-0.05, 0) is 36.8 Å². The smallest absolute Gasteiger partial charge is 0.350 e. The van der Waals surface area contributed by atoms with Crippen LogP contribution in [0.2, 0.25) is 0 Å². The standard InChI is InChI=1S/C27H23N3O6S/c1-4-13-35-19-8-6-7-18(15-19)21-20(22(31)17-9-11-28-12-10-17)23(32)25(33)30(21)27-29-16(3)24(37-27)26(34)36-14-5-2/h4-12,15,21,31H,1-2,13-14H2,3H3. The minimum Gasteiger partial charge on any atom is -0.507 e. The molecule has 0 aliphatic carbocycles. The molecule has 9 nitrogen and oxygen atoms in total. The van der Waals surface area contributed by atoms with Crippen LogP contribution in [0.3, 0.4) is 0 Å². The van der Waals surface area contributed by atoms with Crippen LogP contribution in [0.15, 0.2) is 79.7 Å². The molecule has 37 heavy (non-hydrogen) atoms. The number of nitrogens with zero attached hydrogens (tertiary/aromatic N) is 3. The van der Waals surface area contributed by atoms with E-state index in [2.05, 4.69) is 23.1 Å². The van der Waals surface area contributed by atoms with Crippen molar-refractivity contribution in [2.75, 3.05) is 18.1 Å². The largest absolute Gasteiger partial charge is 0.507 e. The summed E-state index contributed by atoms with van der Waals surface area (Å²) in [5.74, 6) is -2.27. The Labute approximate surface area is 217 Å². The highest BCUT2D eigenvalue weighted by Gasteiger charge is 2.48. The molecule has 1 N–H and O–H groups in total. The predicted molar refractivity (Wildman–Crippen MR) is 138 cm³/mol. The second-order valence-corrected chi connectivity index (χ2v) is 8.85. The number of ketones is 1. The first-order valence-electron chi connectivity index (χ1n) is 11.2. The van der Waals surface area contributed by atoms with E-state index in [0.717, 1.165) is 11.3 Å². The molecule has 3 heterocycles. The average Bonchev–Trinajstić information content (AvgIpc) is 3.42. The number of aryl methyl sites for hydroxylation is 1. The third-order valence-corrected chi connectivity index (χ3v) is 6.59. The molecule has 10 heteroatoms. The Balaban J connectivity index is 1.88. The molecule has 0 radical (unpaired) electrons. The number of aromatic nitrogens is 2. The van der Waals surface area contributed by atoms with Crippen LogP contribution in [0, 0.1) is 6.92 Å². The SMILES string of the molecule is C=CCOC(=O)c1sc(N2C(=O)C(=O)C(=C(O)c3ccncc3)C2c2cccc(OCC=C)c2)nc1C. The van der Waals surface area contributed by atoms with E-state index < -0.39 is 23.7 Å². The fourth-order valence-corrected chi connectivity index (χ4v) is 4.80. The zero-order chi connectivity index (χ0) is 26.5. The van der Waals surface area contributed by atoms with Crippen LogP contribution in [0.25, 0.3) is 5.76 Å². The van der Waals surface area contributed by atoms with Gasteiger partial charge in [0.15, 0.2) is 5.13 Å². The molecule has 1 atom stereocenters. The predicted octanol–water partition coefficient (Wildman–Crippen LogP) is 4.38. The van der Waals surface area contributed by atoms with Crippen molar-refractivity contribution in [3.63, 3.8) is 0 Å². The number of amides is 1. The van der Waals surface area contributed by atoms with Gasteiger partial charge in [0.1, 0.15) is 29.6 Å². The lowest BCUT2D eigenvalue weighted by Crippen LogP contribution is -2.29. The summed E-state index contributed by atoms with van der Waals surface area (Å²) < 4.78 is 10.8. The summed E-state index contributed by atoms with van der Waals surface area (Å²) in [5, 5.41) is 11.3. The van der Waals surface area contributed by atoms with Crippen LogP contribution in [0.4, 0.5) is 5.13 Å². The topological polar surface area (TPSA) is 119 Å². The highest BCUT2D eigenvalue weighted by atomic mass is 32.1. The maximum absolute atomic E-state index is 13.4. The van der Waals surface area contributed by atoms with Crippen molar-refractivity contribution in [2.45, 2.75) is 13.0 Å². The molecule has 0 spiro atoms. The average molecular weight is 518 g/mol. The highest BCUT2D eigenvalue weighted by Crippen LogP contribution is 2.44. The van der Waals surface area contributed by atoms with Gasteiger partial charge in [0, 0.05) is 18.0 Å². The number of carbonyl (C=O) groups is 3. The third kappa shape index (κ3) is 5.05. The van der Waals surface area contributed by atoms with Gasteiger partial charge < -0.3 is 14.6 Å². The van der Waals surface area contributed by atoms with E-state index in [9.17, 15) is 19.5 Å². The number of aliphatic hydroxyl groups excluding tert-OH is 1. The van der Waals surface area contributed by atoms with Crippen molar-refractivity contribution in [1.29, 1.82) is 0 Å². The number of pyridine rings is 1. The summed E-state index contributed by atoms with van der Waals surface area (Å²) in [6.45, 7) is 9.04. The molecule has 1 saturated heterocycles. The number of benzene rings is 1. The molecule has 4 rings (SSSR count). The highest BCUT2D eigenvalue weighted by molar-refractivity contribution is 7.17. The number of hydrogen-bond donors (Lipinski definition) is 1. The molecule has 2 aromatic heterocycles. The first-order chi connectivity index (χ1) is 17.9. The van der Waals surface area contributed by atoms with Crippen LogP contribution in [-0.4, -0.2) is 45.9 Å². The number of Topliss-reactive ketones (excluding diaryl/α,β-unsaturated/α-hetero) is 1. The number of ether oxygens (including phenoxy) is 2. The van der Waals surface area contributed by atoms with Gasteiger partial charge in [-0.25, -0.2) is 9.78 Å². The zero-order valence-electron chi connectivity index (χ0n) is 19.9. The van der Waals surface area contributed by atoms with E-state index in [1.54, 1.807) is 37.3 Å². The van der Waals surface area contributed by atoms with Crippen LogP contribution in [-0.2, 0) is 14.3 Å². The maximum Gasteiger partial charge on any atom is 0.350 e. The van der Waals surface area contributed by atoms with Gasteiger partial charge in [0.2, 0.25) is 0 Å². The van der Waals surface area contributed by atoms with Crippen molar-refractivity contribution in [2.24, 2.45) is 0 Å².